The van der Waals surface area contributed by atoms with E-state index in [1.165, 1.54) is 5.56 Å². The molecule has 1 aliphatic heterocycles. The van der Waals surface area contributed by atoms with Crippen molar-refractivity contribution in [2.24, 2.45) is 0 Å². The first-order chi connectivity index (χ1) is 11.3. The van der Waals surface area contributed by atoms with Crippen molar-refractivity contribution in [1.29, 1.82) is 5.26 Å². The van der Waals surface area contributed by atoms with E-state index in [0.29, 0.717) is 10.9 Å². The summed E-state index contributed by atoms with van der Waals surface area (Å²) in [5, 5.41) is 10.2. The smallest absolute Gasteiger partial charge is 0.273 e. The number of hydrogen-bond donors (Lipinski definition) is 0. The van der Waals surface area contributed by atoms with E-state index in [4.69, 9.17) is 0 Å². The maximum absolute atomic E-state index is 12.8. The number of fused-ring (bicyclic) bond motifs is 1. The van der Waals surface area contributed by atoms with Crippen molar-refractivity contribution in [3.8, 4) is 17.3 Å². The second-order valence-electron chi connectivity index (χ2n) is 7.22. The zero-order chi connectivity index (χ0) is 17.5. The highest BCUT2D eigenvalue weighted by molar-refractivity contribution is 7.99. The van der Waals surface area contributed by atoms with Crippen molar-refractivity contribution in [3.05, 3.63) is 45.7 Å². The van der Waals surface area contributed by atoms with Crippen LogP contribution in [0.3, 0.4) is 0 Å². The van der Waals surface area contributed by atoms with Crippen molar-refractivity contribution in [3.63, 3.8) is 0 Å². The summed E-state index contributed by atoms with van der Waals surface area (Å²) in [6, 6.07) is 10.2. The molecule has 1 aromatic heterocycles. The first-order valence-corrected chi connectivity index (χ1v) is 9.12. The van der Waals surface area contributed by atoms with Gasteiger partial charge in [0.1, 0.15) is 11.6 Å². The molecule has 0 saturated heterocycles. The van der Waals surface area contributed by atoms with Gasteiger partial charge in [0.05, 0.1) is 5.69 Å². The van der Waals surface area contributed by atoms with Crippen LogP contribution in [0, 0.1) is 11.3 Å². The molecule has 2 heterocycles. The van der Waals surface area contributed by atoms with E-state index in [9.17, 15) is 10.1 Å². The summed E-state index contributed by atoms with van der Waals surface area (Å²) in [5.74, 6) is 0.946. The number of aromatic nitrogens is 2. The number of nitriles is 1. The van der Waals surface area contributed by atoms with Crippen LogP contribution >= 0.6 is 11.8 Å². The third kappa shape index (κ3) is 2.87. The Hall–Kier alpha value is -2.06. The lowest BCUT2D eigenvalue weighted by molar-refractivity contribution is 0.453. The van der Waals surface area contributed by atoms with Gasteiger partial charge in [0, 0.05) is 17.4 Å². The minimum Gasteiger partial charge on any atom is -0.284 e. The van der Waals surface area contributed by atoms with E-state index in [1.54, 1.807) is 16.3 Å². The molecule has 1 aromatic carbocycles. The van der Waals surface area contributed by atoms with Crippen LogP contribution in [0.5, 0.6) is 0 Å². The molecule has 0 spiro atoms. The first kappa shape index (κ1) is 16.8. The molecule has 0 bridgehead atoms. The van der Waals surface area contributed by atoms with Gasteiger partial charge in [0.25, 0.3) is 5.56 Å². The number of thioether (sulfide) groups is 1. The molecule has 0 N–H and O–H groups in total. The van der Waals surface area contributed by atoms with E-state index in [1.807, 2.05) is 31.2 Å². The van der Waals surface area contributed by atoms with Gasteiger partial charge >= 0.3 is 0 Å². The van der Waals surface area contributed by atoms with Gasteiger partial charge in [-0.25, -0.2) is 4.98 Å². The molecule has 0 saturated carbocycles. The first-order valence-electron chi connectivity index (χ1n) is 8.13. The average Bonchev–Trinajstić information content (AvgIpc) is 2.54. The fourth-order valence-electron chi connectivity index (χ4n) is 2.89. The van der Waals surface area contributed by atoms with E-state index in [2.05, 4.69) is 31.8 Å². The highest BCUT2D eigenvalue weighted by Crippen LogP contribution is 2.32. The Kier molecular flexibility index (Phi) is 4.27. The predicted octanol–water partition coefficient (Wildman–Crippen LogP) is 4.14. The number of rotatable bonds is 1. The van der Waals surface area contributed by atoms with Gasteiger partial charge in [-0.1, -0.05) is 56.8 Å². The maximum atomic E-state index is 12.8. The molecule has 0 amide bonds. The lowest BCUT2D eigenvalue weighted by Gasteiger charge is -2.24. The van der Waals surface area contributed by atoms with Gasteiger partial charge in [-0.15, -0.1) is 0 Å². The van der Waals surface area contributed by atoms with Crippen molar-refractivity contribution in [2.75, 3.05) is 5.75 Å². The molecule has 3 rings (SSSR count). The lowest BCUT2D eigenvalue weighted by atomic mass is 9.86. The summed E-state index contributed by atoms with van der Waals surface area (Å²) < 4.78 is 1.67. The second-order valence-corrected chi connectivity index (χ2v) is 8.28. The average molecular weight is 339 g/mol. The van der Waals surface area contributed by atoms with Crippen LogP contribution in [0.2, 0.25) is 0 Å². The maximum Gasteiger partial charge on any atom is 0.273 e. The van der Waals surface area contributed by atoms with E-state index in [0.717, 1.165) is 17.7 Å². The fourth-order valence-corrected chi connectivity index (χ4v) is 4.09. The SMILES string of the molecule is CC1CCSc2nc(-c3ccc(C(C)(C)C)cc3)c(C#N)c(=O)n21. The van der Waals surface area contributed by atoms with Crippen LogP contribution in [-0.2, 0) is 5.41 Å². The van der Waals surface area contributed by atoms with Gasteiger partial charge < -0.3 is 0 Å². The Labute approximate surface area is 146 Å². The summed E-state index contributed by atoms with van der Waals surface area (Å²) in [5.41, 5.74) is 2.50. The monoisotopic (exact) mass is 339 g/mol. The van der Waals surface area contributed by atoms with Crippen LogP contribution in [-0.4, -0.2) is 15.3 Å². The molecule has 0 aliphatic carbocycles. The Morgan fingerprint density at radius 3 is 2.54 bits per heavy atom. The summed E-state index contributed by atoms with van der Waals surface area (Å²) in [7, 11) is 0. The summed E-state index contributed by atoms with van der Waals surface area (Å²) in [6.45, 7) is 8.48. The molecule has 2 aromatic rings. The van der Waals surface area contributed by atoms with E-state index in [-0.39, 0.29) is 22.6 Å². The zero-order valence-electron chi connectivity index (χ0n) is 14.5. The van der Waals surface area contributed by atoms with Crippen LogP contribution < -0.4 is 5.56 Å². The molecule has 1 unspecified atom stereocenters. The molecule has 1 aliphatic rings. The van der Waals surface area contributed by atoms with Gasteiger partial charge in [-0.2, -0.15) is 5.26 Å². The fraction of sp³-hybridized carbons (Fsp3) is 0.421. The Bertz CT molecular complexity index is 870. The van der Waals surface area contributed by atoms with Crippen molar-refractivity contribution >= 4 is 11.8 Å². The Balaban J connectivity index is 2.17. The minimum absolute atomic E-state index is 0.0602. The number of hydrogen-bond acceptors (Lipinski definition) is 4. The van der Waals surface area contributed by atoms with Crippen molar-refractivity contribution < 1.29 is 0 Å². The number of benzene rings is 1. The van der Waals surface area contributed by atoms with Gasteiger partial charge in [-0.3, -0.25) is 9.36 Å². The van der Waals surface area contributed by atoms with Crippen LogP contribution in [0.25, 0.3) is 11.3 Å². The molecule has 0 fully saturated rings. The Morgan fingerprint density at radius 1 is 1.29 bits per heavy atom. The minimum atomic E-state index is -0.225. The highest BCUT2D eigenvalue weighted by Gasteiger charge is 2.24. The molecule has 4 nitrogen and oxygen atoms in total. The summed E-state index contributed by atoms with van der Waals surface area (Å²) >= 11 is 1.58. The normalized spacial score (nSPS) is 17.2. The van der Waals surface area contributed by atoms with Gasteiger partial charge in [-0.05, 0) is 24.3 Å². The third-order valence-corrected chi connectivity index (χ3v) is 5.41. The quantitative estimate of drug-likeness (QED) is 0.733. The molecule has 124 valence electrons. The van der Waals surface area contributed by atoms with E-state index >= 15 is 0 Å². The largest absolute Gasteiger partial charge is 0.284 e. The van der Waals surface area contributed by atoms with Gasteiger partial charge in [0.15, 0.2) is 5.16 Å². The summed E-state index contributed by atoms with van der Waals surface area (Å²) in [4.78, 5) is 17.4. The lowest BCUT2D eigenvalue weighted by Crippen LogP contribution is -2.31. The third-order valence-electron chi connectivity index (χ3n) is 4.43. The van der Waals surface area contributed by atoms with Crippen LogP contribution in [0.15, 0.2) is 34.2 Å². The highest BCUT2D eigenvalue weighted by atomic mass is 32.2. The molecule has 24 heavy (non-hydrogen) atoms. The van der Waals surface area contributed by atoms with Crippen LogP contribution in [0.4, 0.5) is 0 Å². The molecular formula is C19H21N3OS. The molecule has 1 atom stereocenters. The van der Waals surface area contributed by atoms with Crippen molar-refractivity contribution in [1.82, 2.24) is 9.55 Å². The topological polar surface area (TPSA) is 58.7 Å². The van der Waals surface area contributed by atoms with E-state index < -0.39 is 0 Å². The zero-order valence-corrected chi connectivity index (χ0v) is 15.3. The van der Waals surface area contributed by atoms with Gasteiger partial charge in [0.2, 0.25) is 0 Å². The van der Waals surface area contributed by atoms with Crippen molar-refractivity contribution in [2.45, 2.75) is 50.7 Å². The molecule has 0 radical (unpaired) electrons. The number of nitrogens with zero attached hydrogens (tertiary/aromatic N) is 3. The summed E-state index contributed by atoms with van der Waals surface area (Å²) in [6.07, 6.45) is 0.920. The predicted molar refractivity (Wildman–Crippen MR) is 97.4 cm³/mol. The second kappa shape index (κ2) is 6.10. The molecular weight excluding hydrogens is 318 g/mol. The van der Waals surface area contributed by atoms with Crippen LogP contribution in [0.1, 0.15) is 51.3 Å². The molecule has 5 heteroatoms. The Morgan fingerprint density at radius 2 is 1.96 bits per heavy atom. The standard InChI is InChI=1S/C19H21N3OS/c1-12-9-10-24-18-21-16(15(11-20)17(23)22(12)18)13-5-7-14(8-6-13)19(2,3)4/h5-8,12H,9-10H2,1-4H3.